The molecule has 0 saturated heterocycles. The van der Waals surface area contributed by atoms with Gasteiger partial charge in [0.05, 0.1) is 4.90 Å². The number of rotatable bonds is 4. The molecule has 0 bridgehead atoms. The maximum atomic E-state index is 12.2. The van der Waals surface area contributed by atoms with Gasteiger partial charge < -0.3 is 0 Å². The summed E-state index contributed by atoms with van der Waals surface area (Å²) < 4.78 is 27.2. The van der Waals surface area contributed by atoms with Gasteiger partial charge in [-0.2, -0.15) is 0 Å². The quantitative estimate of drug-likeness (QED) is 0.921. The monoisotopic (exact) mass is 281 g/mol. The van der Waals surface area contributed by atoms with Gasteiger partial charge >= 0.3 is 0 Å². The lowest BCUT2D eigenvalue weighted by Gasteiger charge is -2.21. The van der Waals surface area contributed by atoms with Gasteiger partial charge in [-0.25, -0.2) is 13.1 Å². The van der Waals surface area contributed by atoms with Crippen LogP contribution in [0.5, 0.6) is 0 Å². The summed E-state index contributed by atoms with van der Waals surface area (Å²) in [6.07, 6.45) is 6.05. The molecule has 1 aromatic rings. The van der Waals surface area contributed by atoms with Gasteiger partial charge in [-0.3, -0.25) is 0 Å². The Labute approximate surface area is 116 Å². The van der Waals surface area contributed by atoms with Crippen molar-refractivity contribution in [3.8, 4) is 0 Å². The Balaban J connectivity index is 2.02. The van der Waals surface area contributed by atoms with Gasteiger partial charge in [-0.05, 0) is 55.9 Å². The number of benzene rings is 1. The molecule has 4 heteroatoms. The Kier molecular flexibility index (Phi) is 4.63. The summed E-state index contributed by atoms with van der Waals surface area (Å²) in [5, 5.41) is 0. The summed E-state index contributed by atoms with van der Waals surface area (Å²) >= 11 is 0. The molecule has 3 nitrogen and oxygen atoms in total. The molecule has 2 rings (SSSR count). The molecule has 0 aliphatic heterocycles. The van der Waals surface area contributed by atoms with Gasteiger partial charge in [0.1, 0.15) is 0 Å². The molecule has 1 aliphatic rings. The minimum atomic E-state index is -3.35. The summed E-state index contributed by atoms with van der Waals surface area (Å²) in [5.74, 6) is 0.509. The first kappa shape index (κ1) is 14.5. The molecule has 1 fully saturated rings. The van der Waals surface area contributed by atoms with Crippen LogP contribution in [0.25, 0.3) is 0 Å². The van der Waals surface area contributed by atoms with Crippen molar-refractivity contribution in [2.24, 2.45) is 5.92 Å². The van der Waals surface area contributed by atoms with E-state index in [1.165, 1.54) is 19.3 Å². The van der Waals surface area contributed by atoms with Crippen LogP contribution in [0, 0.1) is 19.8 Å². The van der Waals surface area contributed by atoms with E-state index in [1.807, 2.05) is 19.9 Å². The third-order valence-corrected chi connectivity index (χ3v) is 5.50. The fourth-order valence-corrected chi connectivity index (χ4v) is 3.78. The molecule has 0 radical (unpaired) electrons. The predicted octanol–water partition coefficient (Wildman–Crippen LogP) is 3.16. The molecule has 1 saturated carbocycles. The molecule has 0 amide bonds. The molecule has 0 unspecified atom stereocenters. The van der Waals surface area contributed by atoms with Crippen LogP contribution in [0.3, 0.4) is 0 Å². The minimum Gasteiger partial charge on any atom is -0.211 e. The van der Waals surface area contributed by atoms with Crippen molar-refractivity contribution in [2.45, 2.75) is 50.8 Å². The fourth-order valence-electron chi connectivity index (χ4n) is 2.58. The molecule has 1 aliphatic carbocycles. The van der Waals surface area contributed by atoms with E-state index in [0.717, 1.165) is 24.0 Å². The Morgan fingerprint density at radius 3 is 2.42 bits per heavy atom. The van der Waals surface area contributed by atoms with Crippen molar-refractivity contribution in [1.29, 1.82) is 0 Å². The van der Waals surface area contributed by atoms with E-state index in [2.05, 4.69) is 4.72 Å². The first-order valence-electron chi connectivity index (χ1n) is 7.06. The second-order valence-electron chi connectivity index (χ2n) is 5.60. The van der Waals surface area contributed by atoms with Gasteiger partial charge in [0.25, 0.3) is 0 Å². The number of hydrogen-bond acceptors (Lipinski definition) is 2. The second kappa shape index (κ2) is 6.06. The first-order valence-corrected chi connectivity index (χ1v) is 8.54. The predicted molar refractivity (Wildman–Crippen MR) is 77.7 cm³/mol. The fraction of sp³-hybridized carbons (Fsp3) is 0.600. The topological polar surface area (TPSA) is 46.2 Å². The highest BCUT2D eigenvalue weighted by molar-refractivity contribution is 7.89. The first-order chi connectivity index (χ1) is 8.99. The van der Waals surface area contributed by atoms with E-state index >= 15 is 0 Å². The van der Waals surface area contributed by atoms with E-state index < -0.39 is 10.0 Å². The molecule has 0 heterocycles. The maximum Gasteiger partial charge on any atom is 0.240 e. The van der Waals surface area contributed by atoms with Crippen LogP contribution in [0.1, 0.15) is 43.2 Å². The number of aryl methyl sites for hydroxylation is 2. The molecule has 1 N–H and O–H groups in total. The lowest BCUT2D eigenvalue weighted by molar-refractivity contribution is 0.357. The molecular formula is C15H23NO2S. The Morgan fingerprint density at radius 1 is 1.11 bits per heavy atom. The molecule has 0 spiro atoms. The zero-order valence-corrected chi connectivity index (χ0v) is 12.6. The van der Waals surface area contributed by atoms with Crippen LogP contribution in [-0.2, 0) is 10.0 Å². The Bertz CT molecular complexity index is 531. The highest BCUT2D eigenvalue weighted by Crippen LogP contribution is 2.23. The van der Waals surface area contributed by atoms with Crippen molar-refractivity contribution >= 4 is 10.0 Å². The van der Waals surface area contributed by atoms with Gasteiger partial charge in [0.15, 0.2) is 0 Å². The van der Waals surface area contributed by atoms with Crippen molar-refractivity contribution < 1.29 is 8.42 Å². The zero-order chi connectivity index (χ0) is 13.9. The second-order valence-corrected chi connectivity index (χ2v) is 7.37. The standard InChI is InChI=1S/C15H23NO2S/c1-12-8-9-15(10-13(12)2)19(17,18)16-11-14-6-4-3-5-7-14/h8-10,14,16H,3-7,11H2,1-2H3. The lowest BCUT2D eigenvalue weighted by atomic mass is 9.90. The van der Waals surface area contributed by atoms with Crippen molar-refractivity contribution in [3.05, 3.63) is 29.3 Å². The van der Waals surface area contributed by atoms with Crippen LogP contribution >= 0.6 is 0 Å². The van der Waals surface area contributed by atoms with Crippen LogP contribution in [-0.4, -0.2) is 15.0 Å². The Morgan fingerprint density at radius 2 is 1.79 bits per heavy atom. The lowest BCUT2D eigenvalue weighted by Crippen LogP contribution is -2.30. The van der Waals surface area contributed by atoms with E-state index in [0.29, 0.717) is 17.4 Å². The summed E-state index contributed by atoms with van der Waals surface area (Å²) in [6, 6.07) is 5.30. The van der Waals surface area contributed by atoms with Gasteiger partial charge in [0.2, 0.25) is 10.0 Å². The van der Waals surface area contributed by atoms with E-state index in [9.17, 15) is 8.42 Å². The van der Waals surface area contributed by atoms with E-state index in [1.54, 1.807) is 12.1 Å². The van der Waals surface area contributed by atoms with Crippen molar-refractivity contribution in [3.63, 3.8) is 0 Å². The van der Waals surface area contributed by atoms with Crippen molar-refractivity contribution in [2.75, 3.05) is 6.54 Å². The van der Waals surface area contributed by atoms with Crippen LogP contribution in [0.15, 0.2) is 23.1 Å². The summed E-state index contributed by atoms with van der Waals surface area (Å²) in [5.41, 5.74) is 2.13. The highest BCUT2D eigenvalue weighted by atomic mass is 32.2. The third-order valence-electron chi connectivity index (χ3n) is 4.08. The largest absolute Gasteiger partial charge is 0.240 e. The average molecular weight is 281 g/mol. The van der Waals surface area contributed by atoms with E-state index in [-0.39, 0.29) is 0 Å². The van der Waals surface area contributed by atoms with Crippen LogP contribution in [0.4, 0.5) is 0 Å². The smallest absolute Gasteiger partial charge is 0.211 e. The molecular weight excluding hydrogens is 258 g/mol. The normalized spacial score (nSPS) is 17.6. The molecule has 0 aromatic heterocycles. The van der Waals surface area contributed by atoms with Gasteiger partial charge in [0, 0.05) is 6.54 Å². The SMILES string of the molecule is Cc1ccc(S(=O)(=O)NCC2CCCCC2)cc1C. The summed E-state index contributed by atoms with van der Waals surface area (Å²) in [7, 11) is -3.35. The maximum absolute atomic E-state index is 12.2. The minimum absolute atomic E-state index is 0.381. The molecule has 106 valence electrons. The molecule has 1 aromatic carbocycles. The van der Waals surface area contributed by atoms with E-state index in [4.69, 9.17) is 0 Å². The Hall–Kier alpha value is -0.870. The highest BCUT2D eigenvalue weighted by Gasteiger charge is 2.19. The summed E-state index contributed by atoms with van der Waals surface area (Å²) in [6.45, 7) is 4.51. The van der Waals surface area contributed by atoms with Crippen LogP contribution in [0.2, 0.25) is 0 Å². The van der Waals surface area contributed by atoms with Gasteiger partial charge in [-0.15, -0.1) is 0 Å². The number of nitrogens with one attached hydrogen (secondary N) is 1. The molecule has 0 atom stereocenters. The van der Waals surface area contributed by atoms with Crippen LogP contribution < -0.4 is 4.72 Å². The number of sulfonamides is 1. The third kappa shape index (κ3) is 3.80. The molecule has 19 heavy (non-hydrogen) atoms. The zero-order valence-electron chi connectivity index (χ0n) is 11.8. The number of hydrogen-bond donors (Lipinski definition) is 1. The van der Waals surface area contributed by atoms with Gasteiger partial charge in [-0.1, -0.05) is 25.3 Å². The van der Waals surface area contributed by atoms with Crippen molar-refractivity contribution in [1.82, 2.24) is 4.72 Å². The average Bonchev–Trinajstić information content (AvgIpc) is 2.41. The summed E-state index contributed by atoms with van der Waals surface area (Å²) in [4.78, 5) is 0.381.